The molecule has 1 atom stereocenters. The van der Waals surface area contributed by atoms with Crippen LogP contribution in [0.2, 0.25) is 0 Å². The highest BCUT2D eigenvalue weighted by Gasteiger charge is 2.24. The van der Waals surface area contributed by atoms with Crippen molar-refractivity contribution < 1.29 is 18.3 Å². The van der Waals surface area contributed by atoms with Crippen LogP contribution in [0.5, 0.6) is 5.75 Å². The molecule has 1 aliphatic carbocycles. The summed E-state index contributed by atoms with van der Waals surface area (Å²) in [4.78, 5) is 0.0746. The van der Waals surface area contributed by atoms with Crippen molar-refractivity contribution in [2.24, 2.45) is 0 Å². The molecule has 1 saturated carbocycles. The summed E-state index contributed by atoms with van der Waals surface area (Å²) in [6.07, 6.45) is 2.87. The van der Waals surface area contributed by atoms with E-state index < -0.39 is 16.1 Å². The predicted octanol–water partition coefficient (Wildman–Crippen LogP) is 3.92. The van der Waals surface area contributed by atoms with Gasteiger partial charge >= 0.3 is 0 Å². The lowest BCUT2D eigenvalue weighted by atomic mass is 9.82. The molecule has 9 nitrogen and oxygen atoms in total. The van der Waals surface area contributed by atoms with Crippen molar-refractivity contribution in [1.29, 1.82) is 0 Å². The molecule has 6 N–H and O–H groups in total. The van der Waals surface area contributed by atoms with Crippen LogP contribution in [-0.2, 0) is 10.0 Å². The average Bonchev–Trinajstić information content (AvgIpc) is 3.25. The average molecular weight is 522 g/mol. The molecule has 1 aromatic heterocycles. The van der Waals surface area contributed by atoms with Crippen molar-refractivity contribution in [3.63, 3.8) is 0 Å². The first-order chi connectivity index (χ1) is 17.9. The molecule has 0 aliphatic heterocycles. The van der Waals surface area contributed by atoms with Gasteiger partial charge in [-0.15, -0.1) is 0 Å². The quantitative estimate of drug-likeness (QED) is 0.149. The van der Waals surface area contributed by atoms with Gasteiger partial charge in [0.25, 0.3) is 10.0 Å². The first-order valence-electron chi connectivity index (χ1n) is 12.4. The van der Waals surface area contributed by atoms with Gasteiger partial charge in [0, 0.05) is 41.8 Å². The summed E-state index contributed by atoms with van der Waals surface area (Å²) in [5, 5.41) is 22.5. The molecule has 1 aliphatic rings. The van der Waals surface area contributed by atoms with E-state index in [4.69, 9.17) is 10.5 Å². The molecular formula is C27H31N5O4S. The number of hydrogen-bond donors (Lipinski definition) is 5. The zero-order valence-corrected chi connectivity index (χ0v) is 21.2. The van der Waals surface area contributed by atoms with E-state index in [-0.39, 0.29) is 4.90 Å². The number of nitrogen functional groups attached to an aromatic ring is 1. The minimum atomic E-state index is -3.79. The summed E-state index contributed by atoms with van der Waals surface area (Å²) < 4.78 is 33.7. The second-order valence-electron chi connectivity index (χ2n) is 9.32. The molecule has 1 unspecified atom stereocenters. The van der Waals surface area contributed by atoms with Gasteiger partial charge in [0.1, 0.15) is 12.4 Å². The molecule has 1 fully saturated rings. The third kappa shape index (κ3) is 5.87. The maximum atomic E-state index is 12.7. The number of rotatable bonds is 11. The van der Waals surface area contributed by atoms with Crippen LogP contribution in [0.4, 0.5) is 11.4 Å². The number of aliphatic hydroxyl groups excluding tert-OH is 1. The molecule has 0 radical (unpaired) electrons. The number of nitrogens with zero attached hydrogens (tertiary/aromatic N) is 1. The molecule has 3 aromatic carbocycles. The molecule has 5 rings (SSSR count). The number of H-pyrrole nitrogens is 1. The second-order valence-corrected chi connectivity index (χ2v) is 11.0. The van der Waals surface area contributed by atoms with Crippen molar-refractivity contribution >= 4 is 32.3 Å². The topological polar surface area (TPSA) is 142 Å². The number of anilines is 2. The Morgan fingerprint density at radius 3 is 2.73 bits per heavy atom. The van der Waals surface area contributed by atoms with Crippen molar-refractivity contribution in [2.45, 2.75) is 36.2 Å². The van der Waals surface area contributed by atoms with Crippen LogP contribution in [0.3, 0.4) is 0 Å². The van der Waals surface area contributed by atoms with E-state index in [1.807, 2.05) is 12.1 Å². The molecule has 0 spiro atoms. The van der Waals surface area contributed by atoms with Crippen molar-refractivity contribution in [3.8, 4) is 5.75 Å². The Morgan fingerprint density at radius 2 is 1.95 bits per heavy atom. The summed E-state index contributed by atoms with van der Waals surface area (Å²) in [5.74, 6) is 1.33. The number of hydrogen-bond acceptors (Lipinski definition) is 7. The Labute approximate surface area is 216 Å². The third-order valence-electron chi connectivity index (χ3n) is 6.63. The molecule has 0 bridgehead atoms. The molecular weight excluding hydrogens is 490 g/mol. The van der Waals surface area contributed by atoms with Gasteiger partial charge in [-0.2, -0.15) is 5.10 Å². The lowest BCUT2D eigenvalue weighted by molar-refractivity contribution is 0.172. The highest BCUT2D eigenvalue weighted by Crippen LogP contribution is 2.38. The van der Waals surface area contributed by atoms with Crippen LogP contribution < -0.4 is 20.5 Å². The van der Waals surface area contributed by atoms with Gasteiger partial charge in [-0.25, -0.2) is 8.42 Å². The monoisotopic (exact) mass is 521 g/mol. The van der Waals surface area contributed by atoms with Gasteiger partial charge < -0.3 is 20.9 Å². The van der Waals surface area contributed by atoms with Crippen molar-refractivity contribution in [1.82, 2.24) is 15.5 Å². The van der Waals surface area contributed by atoms with Crippen LogP contribution in [0.15, 0.2) is 71.6 Å². The Hall–Kier alpha value is -3.60. The van der Waals surface area contributed by atoms with E-state index in [9.17, 15) is 13.5 Å². The van der Waals surface area contributed by atoms with E-state index in [2.05, 4.69) is 26.3 Å². The van der Waals surface area contributed by atoms with Gasteiger partial charge in [-0.1, -0.05) is 24.6 Å². The molecule has 0 saturated heterocycles. The first kappa shape index (κ1) is 25.1. The molecule has 37 heavy (non-hydrogen) atoms. The van der Waals surface area contributed by atoms with Gasteiger partial charge in [0.15, 0.2) is 0 Å². The summed E-state index contributed by atoms with van der Waals surface area (Å²) in [7, 11) is -3.79. The van der Waals surface area contributed by atoms with Crippen LogP contribution in [-0.4, -0.2) is 43.4 Å². The lowest BCUT2D eigenvalue weighted by Gasteiger charge is -2.23. The number of aliphatic hydroxyl groups is 1. The van der Waals surface area contributed by atoms with E-state index in [0.717, 1.165) is 22.3 Å². The Balaban J connectivity index is 1.10. The molecule has 0 amide bonds. The van der Waals surface area contributed by atoms with Crippen LogP contribution in [0.25, 0.3) is 10.9 Å². The molecule has 4 aromatic rings. The molecule has 10 heteroatoms. The minimum absolute atomic E-state index is 0.0746. The highest BCUT2D eigenvalue weighted by atomic mass is 32.2. The van der Waals surface area contributed by atoms with Crippen molar-refractivity contribution in [3.05, 3.63) is 78.0 Å². The summed E-state index contributed by atoms with van der Waals surface area (Å²) in [6.45, 7) is 1.26. The number of aromatic amines is 1. The number of ether oxygens (including phenoxy) is 1. The van der Waals surface area contributed by atoms with Crippen LogP contribution in [0, 0.1) is 0 Å². The summed E-state index contributed by atoms with van der Waals surface area (Å²) in [5.41, 5.74) is 9.16. The normalized spacial score (nSPS) is 14.8. The zero-order chi connectivity index (χ0) is 25.8. The SMILES string of the molecule is Nc1cccc(S(=O)(=O)Nc2cccc(C(O)CNCCOc3ccc4c(C5CCC5)n[nH]c4c3)c2)c1. The van der Waals surface area contributed by atoms with Crippen LogP contribution >= 0.6 is 0 Å². The number of fused-ring (bicyclic) bond motifs is 1. The number of benzene rings is 3. The van der Waals surface area contributed by atoms with Crippen molar-refractivity contribution in [2.75, 3.05) is 30.2 Å². The zero-order valence-electron chi connectivity index (χ0n) is 20.4. The Bertz CT molecular complexity index is 1480. The predicted molar refractivity (Wildman–Crippen MR) is 144 cm³/mol. The number of sulfonamides is 1. The second kappa shape index (κ2) is 10.8. The fourth-order valence-electron chi connectivity index (χ4n) is 4.41. The van der Waals surface area contributed by atoms with E-state index >= 15 is 0 Å². The van der Waals surface area contributed by atoms with Gasteiger partial charge in [-0.3, -0.25) is 9.82 Å². The van der Waals surface area contributed by atoms with E-state index in [0.29, 0.717) is 42.6 Å². The smallest absolute Gasteiger partial charge is 0.261 e. The molecule has 1 heterocycles. The van der Waals surface area contributed by atoms with Crippen LogP contribution in [0.1, 0.15) is 42.5 Å². The lowest BCUT2D eigenvalue weighted by Crippen LogP contribution is -2.26. The Morgan fingerprint density at radius 1 is 1.11 bits per heavy atom. The minimum Gasteiger partial charge on any atom is -0.492 e. The summed E-state index contributed by atoms with van der Waals surface area (Å²) >= 11 is 0. The van der Waals surface area contributed by atoms with Gasteiger partial charge in [0.05, 0.1) is 22.2 Å². The largest absolute Gasteiger partial charge is 0.492 e. The fraction of sp³-hybridized carbons (Fsp3) is 0.296. The van der Waals surface area contributed by atoms with Gasteiger partial charge in [-0.05, 0) is 60.9 Å². The fourth-order valence-corrected chi connectivity index (χ4v) is 5.51. The number of nitrogens with one attached hydrogen (secondary N) is 3. The van der Waals surface area contributed by atoms with E-state index in [1.165, 1.54) is 31.4 Å². The molecule has 194 valence electrons. The summed E-state index contributed by atoms with van der Waals surface area (Å²) in [6, 6.07) is 18.8. The number of aromatic nitrogens is 2. The number of nitrogens with two attached hydrogens (primary N) is 1. The highest BCUT2D eigenvalue weighted by molar-refractivity contribution is 7.92. The maximum Gasteiger partial charge on any atom is 0.261 e. The Kier molecular flexibility index (Phi) is 7.31. The first-order valence-corrected chi connectivity index (χ1v) is 13.9. The maximum absolute atomic E-state index is 12.7. The van der Waals surface area contributed by atoms with Gasteiger partial charge in [0.2, 0.25) is 0 Å². The van der Waals surface area contributed by atoms with E-state index in [1.54, 1.807) is 36.4 Å². The standard InChI is InChI=1S/C27H31N5O4S/c28-20-7-3-9-23(15-20)37(34,35)32-21-8-2-6-19(14-21)26(33)17-29-12-13-36-22-10-11-24-25(16-22)30-31-27(24)18-4-1-5-18/h2-3,6-11,14-16,18,26,29,32-33H,1,4-5,12-13,17,28H2,(H,30,31). The third-order valence-corrected chi connectivity index (χ3v) is 8.01.